The minimum absolute atomic E-state index is 0.0179. The van der Waals surface area contributed by atoms with Crippen molar-refractivity contribution in [2.75, 3.05) is 26.2 Å². The van der Waals surface area contributed by atoms with Crippen molar-refractivity contribution in [3.8, 4) is 11.5 Å². The summed E-state index contributed by atoms with van der Waals surface area (Å²) >= 11 is 0. The van der Waals surface area contributed by atoms with Gasteiger partial charge in [0.1, 0.15) is 23.2 Å². The number of fused-ring (bicyclic) bond motifs is 3. The van der Waals surface area contributed by atoms with Crippen LogP contribution in [0.2, 0.25) is 5.82 Å². The molecule has 0 radical (unpaired) electrons. The summed E-state index contributed by atoms with van der Waals surface area (Å²) in [5.74, 6) is 0.251. The molecule has 4 aliphatic rings. The third kappa shape index (κ3) is 4.39. The fraction of sp³-hybridized carbons (Fsp3) is 0.667. The van der Waals surface area contributed by atoms with Crippen LogP contribution < -0.4 is 20.4 Å². The highest BCUT2D eigenvalue weighted by Gasteiger charge is 2.60. The monoisotopic (exact) mass is 471 g/mol. The van der Waals surface area contributed by atoms with E-state index in [9.17, 15) is 19.7 Å². The predicted octanol–water partition coefficient (Wildman–Crippen LogP) is 1.45. The first kappa shape index (κ1) is 23.4. The van der Waals surface area contributed by atoms with Crippen LogP contribution in [0.3, 0.4) is 0 Å². The van der Waals surface area contributed by atoms with E-state index in [4.69, 9.17) is 15.1 Å². The second-order valence-electron chi connectivity index (χ2n) is 10.3. The number of benzene rings is 1. The van der Waals surface area contributed by atoms with Crippen LogP contribution in [0, 0.1) is 11.8 Å². The number of nitrogens with one attached hydrogen (secondary N) is 1. The Morgan fingerprint density at radius 3 is 2.68 bits per heavy atom. The molecular weight excluding hydrogens is 437 g/mol. The van der Waals surface area contributed by atoms with Crippen molar-refractivity contribution >= 4 is 19.0 Å². The van der Waals surface area contributed by atoms with Crippen LogP contribution in [-0.2, 0) is 4.79 Å². The van der Waals surface area contributed by atoms with Crippen molar-refractivity contribution in [3.63, 3.8) is 0 Å². The van der Waals surface area contributed by atoms with Gasteiger partial charge in [0.25, 0.3) is 0 Å². The molecular formula is C24H34BN3O6. The van der Waals surface area contributed by atoms with E-state index in [0.29, 0.717) is 38.0 Å². The molecule has 2 saturated carbocycles. The molecule has 5 rings (SSSR count). The van der Waals surface area contributed by atoms with E-state index in [1.807, 2.05) is 13.0 Å². The number of nitrogens with two attached hydrogens (primary N) is 1. The lowest BCUT2D eigenvalue weighted by Gasteiger charge is -2.40. The van der Waals surface area contributed by atoms with Crippen molar-refractivity contribution < 1.29 is 29.1 Å². The zero-order valence-electron chi connectivity index (χ0n) is 19.6. The topological polar surface area (TPSA) is 134 Å². The van der Waals surface area contributed by atoms with E-state index < -0.39 is 13.1 Å². The number of carboxylic acids is 1. The van der Waals surface area contributed by atoms with Gasteiger partial charge in [-0.05, 0) is 55.1 Å². The molecule has 1 aromatic carbocycles. The molecule has 2 aliphatic carbocycles. The van der Waals surface area contributed by atoms with Gasteiger partial charge in [-0.3, -0.25) is 4.79 Å². The molecule has 1 saturated heterocycles. The molecule has 184 valence electrons. The Bertz CT molecular complexity index is 947. The van der Waals surface area contributed by atoms with Gasteiger partial charge in [-0.25, -0.2) is 4.79 Å². The van der Waals surface area contributed by atoms with E-state index in [1.54, 1.807) is 11.0 Å². The average molecular weight is 471 g/mol. The number of carboxylic acid groups (broad SMARTS) is 1. The van der Waals surface area contributed by atoms with Gasteiger partial charge in [0, 0.05) is 31.4 Å². The smallest absolute Gasteiger partial charge is 0.526 e. The zero-order chi connectivity index (χ0) is 24.0. The molecule has 5 N–H and O–H groups in total. The lowest BCUT2D eigenvalue weighted by atomic mass is 9.76. The largest absolute Gasteiger partial charge is 0.535 e. The third-order valence-corrected chi connectivity index (χ3v) is 8.12. The summed E-state index contributed by atoms with van der Waals surface area (Å²) in [7, 11) is -0.996. The van der Waals surface area contributed by atoms with Crippen LogP contribution in [0.25, 0.3) is 0 Å². The Labute approximate surface area is 200 Å². The lowest BCUT2D eigenvalue weighted by molar-refractivity contribution is -0.141. The Balaban J connectivity index is 1.15. The number of carbonyl (C=O) groups is 2. The SMILES string of the molecule is CC1C2B(O)Oc3c(ccc(OC4CN(C(=O)C[C@H]5CC[C@@H](NCCN)CC5)C4)c3C(=O)O)C12. The number of nitrogens with zero attached hydrogens (tertiary/aromatic N) is 1. The molecule has 0 bridgehead atoms. The summed E-state index contributed by atoms with van der Waals surface area (Å²) in [6, 6.07) is 4.05. The third-order valence-electron chi connectivity index (χ3n) is 8.12. The van der Waals surface area contributed by atoms with Gasteiger partial charge in [-0.2, -0.15) is 0 Å². The standard InChI is InChI=1S/C24H34BN3O6/c1-13-20-17-6-7-18(21(24(30)31)23(17)34-25(32)22(13)20)33-16-11-28(12-16)19(29)10-14-2-4-15(5-3-14)27-9-8-26/h6-7,13-16,20,22,27,32H,2-5,8-12,26H2,1H3,(H,30,31)/t13?,14-,15+,20?,22?. The van der Waals surface area contributed by atoms with Gasteiger partial charge in [0.05, 0.1) is 13.1 Å². The van der Waals surface area contributed by atoms with Crippen molar-refractivity contribution in [3.05, 3.63) is 23.3 Å². The van der Waals surface area contributed by atoms with E-state index >= 15 is 0 Å². The number of carbonyl (C=O) groups excluding carboxylic acids is 1. The van der Waals surface area contributed by atoms with E-state index in [0.717, 1.165) is 37.8 Å². The van der Waals surface area contributed by atoms with Gasteiger partial charge >= 0.3 is 13.1 Å². The number of aromatic carboxylic acids is 1. The van der Waals surface area contributed by atoms with Crippen LogP contribution in [0.4, 0.5) is 0 Å². The Hall–Kier alpha value is -2.30. The molecule has 0 aromatic heterocycles. The van der Waals surface area contributed by atoms with E-state index in [-0.39, 0.29) is 46.7 Å². The van der Waals surface area contributed by atoms with Gasteiger partial charge in [0.2, 0.25) is 5.91 Å². The van der Waals surface area contributed by atoms with E-state index in [2.05, 4.69) is 5.32 Å². The maximum atomic E-state index is 12.7. The maximum absolute atomic E-state index is 12.7. The van der Waals surface area contributed by atoms with E-state index in [1.165, 1.54) is 0 Å². The van der Waals surface area contributed by atoms with Gasteiger partial charge < -0.3 is 35.5 Å². The predicted molar refractivity (Wildman–Crippen MR) is 126 cm³/mol. The second-order valence-corrected chi connectivity index (χ2v) is 10.3. The molecule has 9 nitrogen and oxygen atoms in total. The molecule has 2 heterocycles. The van der Waals surface area contributed by atoms with Crippen molar-refractivity contribution in [2.24, 2.45) is 17.6 Å². The van der Waals surface area contributed by atoms with Crippen molar-refractivity contribution in [1.82, 2.24) is 10.2 Å². The first-order valence-corrected chi connectivity index (χ1v) is 12.5. The molecule has 0 spiro atoms. The van der Waals surface area contributed by atoms with Gasteiger partial charge in [-0.1, -0.05) is 13.0 Å². The van der Waals surface area contributed by atoms with Gasteiger partial charge in [-0.15, -0.1) is 0 Å². The first-order chi connectivity index (χ1) is 16.4. The Morgan fingerprint density at radius 1 is 1.26 bits per heavy atom. The first-order valence-electron chi connectivity index (χ1n) is 12.5. The van der Waals surface area contributed by atoms with Crippen molar-refractivity contribution in [1.29, 1.82) is 0 Å². The fourth-order valence-electron chi connectivity index (χ4n) is 6.02. The fourth-order valence-corrected chi connectivity index (χ4v) is 6.02. The highest BCUT2D eigenvalue weighted by atomic mass is 16.5. The number of amides is 1. The summed E-state index contributed by atoms with van der Waals surface area (Å²) in [5, 5.41) is 23.6. The minimum Gasteiger partial charge on any atom is -0.535 e. The van der Waals surface area contributed by atoms with Crippen LogP contribution in [0.15, 0.2) is 12.1 Å². The van der Waals surface area contributed by atoms with Crippen LogP contribution in [0.5, 0.6) is 11.5 Å². The molecule has 34 heavy (non-hydrogen) atoms. The van der Waals surface area contributed by atoms with Crippen molar-refractivity contribution in [2.45, 2.75) is 62.9 Å². The normalized spacial score (nSPS) is 30.0. The summed E-state index contributed by atoms with van der Waals surface area (Å²) in [6.07, 6.45) is 4.56. The molecule has 1 aromatic rings. The maximum Gasteiger partial charge on any atom is 0.526 e. The van der Waals surface area contributed by atoms with Crippen LogP contribution in [-0.4, -0.2) is 72.4 Å². The second kappa shape index (κ2) is 9.39. The molecule has 3 unspecified atom stereocenters. The molecule has 2 aliphatic heterocycles. The van der Waals surface area contributed by atoms with Gasteiger partial charge in [0.15, 0.2) is 0 Å². The average Bonchev–Trinajstić information content (AvgIpc) is 3.46. The quantitative estimate of drug-likeness (QED) is 0.419. The van der Waals surface area contributed by atoms with Crippen LogP contribution >= 0.6 is 0 Å². The number of hydrogen-bond acceptors (Lipinski definition) is 7. The Kier molecular flexibility index (Phi) is 6.48. The highest BCUT2D eigenvalue weighted by Crippen LogP contribution is 2.65. The number of hydrogen-bond donors (Lipinski definition) is 4. The molecule has 1 amide bonds. The summed E-state index contributed by atoms with van der Waals surface area (Å²) in [4.78, 5) is 26.6. The molecule has 3 atom stereocenters. The molecule has 3 fully saturated rings. The summed E-state index contributed by atoms with van der Waals surface area (Å²) in [6.45, 7) is 4.42. The highest BCUT2D eigenvalue weighted by molar-refractivity contribution is 6.48. The minimum atomic E-state index is -1.14. The number of likely N-dealkylation sites (tertiary alicyclic amines) is 1. The summed E-state index contributed by atoms with van der Waals surface area (Å²) in [5.41, 5.74) is 6.34. The summed E-state index contributed by atoms with van der Waals surface area (Å²) < 4.78 is 11.6. The lowest BCUT2D eigenvalue weighted by Crippen LogP contribution is -2.56. The Morgan fingerprint density at radius 2 is 2.00 bits per heavy atom. The molecule has 10 heteroatoms. The zero-order valence-corrected chi connectivity index (χ0v) is 19.6. The van der Waals surface area contributed by atoms with Crippen LogP contribution in [0.1, 0.15) is 60.9 Å². The number of rotatable bonds is 8. The number of ether oxygens (including phenoxy) is 1.